The van der Waals surface area contributed by atoms with Gasteiger partial charge >= 0.3 is 0 Å². The van der Waals surface area contributed by atoms with Crippen molar-refractivity contribution in [1.29, 1.82) is 0 Å². The molecule has 3 heteroatoms. The van der Waals surface area contributed by atoms with Gasteiger partial charge in [-0.25, -0.2) is 0 Å². The quantitative estimate of drug-likeness (QED) is 0.642. The van der Waals surface area contributed by atoms with Gasteiger partial charge in [-0.1, -0.05) is 34.6 Å². The van der Waals surface area contributed by atoms with E-state index in [4.69, 9.17) is 0 Å². The van der Waals surface area contributed by atoms with Crippen molar-refractivity contribution in [1.82, 2.24) is 10.6 Å². The smallest absolute Gasteiger partial charge is 0.216 e. The number of carbonyl (C=O) groups is 1. The molecule has 1 amide bonds. The first kappa shape index (κ1) is 16.4. The SMILES string of the molecule is CCNCCC(C)(C)CC(C)(C)CNC(C)=O. The minimum absolute atomic E-state index is 0.0588. The van der Waals surface area contributed by atoms with E-state index in [9.17, 15) is 4.79 Å². The third kappa shape index (κ3) is 9.16. The maximum absolute atomic E-state index is 10.9. The molecule has 0 radical (unpaired) electrons. The van der Waals surface area contributed by atoms with Crippen molar-refractivity contribution in [3.63, 3.8) is 0 Å². The Hall–Kier alpha value is -0.570. The van der Waals surface area contributed by atoms with Crippen LogP contribution in [0.3, 0.4) is 0 Å². The van der Waals surface area contributed by atoms with Gasteiger partial charge in [0.25, 0.3) is 0 Å². The standard InChI is InChI=1S/C14H30N2O/c1-7-15-9-8-13(3,4)10-14(5,6)11-16-12(2)17/h15H,7-11H2,1-6H3,(H,16,17). The van der Waals surface area contributed by atoms with Crippen LogP contribution in [-0.4, -0.2) is 25.5 Å². The fraction of sp³-hybridized carbons (Fsp3) is 0.929. The molecule has 0 bridgehead atoms. The number of carbonyl (C=O) groups excluding carboxylic acids is 1. The molecule has 0 fully saturated rings. The Labute approximate surface area is 107 Å². The molecule has 0 atom stereocenters. The highest BCUT2D eigenvalue weighted by atomic mass is 16.1. The summed E-state index contributed by atoms with van der Waals surface area (Å²) in [5, 5.41) is 6.29. The monoisotopic (exact) mass is 242 g/mol. The molecule has 0 aliphatic rings. The Morgan fingerprint density at radius 2 is 1.71 bits per heavy atom. The summed E-state index contributed by atoms with van der Waals surface area (Å²) in [5.74, 6) is 0.0588. The summed E-state index contributed by atoms with van der Waals surface area (Å²) in [6.07, 6.45) is 2.29. The highest BCUT2D eigenvalue weighted by Crippen LogP contribution is 2.35. The van der Waals surface area contributed by atoms with Gasteiger partial charge in [-0.05, 0) is 36.8 Å². The highest BCUT2D eigenvalue weighted by Gasteiger charge is 2.28. The number of nitrogens with one attached hydrogen (secondary N) is 2. The number of hydrogen-bond acceptors (Lipinski definition) is 2. The van der Waals surface area contributed by atoms with Crippen LogP contribution >= 0.6 is 0 Å². The topological polar surface area (TPSA) is 41.1 Å². The van der Waals surface area contributed by atoms with Crippen LogP contribution in [0, 0.1) is 10.8 Å². The highest BCUT2D eigenvalue weighted by molar-refractivity contribution is 5.72. The van der Waals surface area contributed by atoms with Crippen molar-refractivity contribution in [3.05, 3.63) is 0 Å². The maximum atomic E-state index is 10.9. The molecular weight excluding hydrogens is 212 g/mol. The summed E-state index contributed by atoms with van der Waals surface area (Å²) >= 11 is 0. The van der Waals surface area contributed by atoms with Crippen LogP contribution in [0.1, 0.15) is 54.4 Å². The molecule has 0 saturated heterocycles. The molecule has 0 aromatic heterocycles. The van der Waals surface area contributed by atoms with Crippen molar-refractivity contribution < 1.29 is 4.79 Å². The second-order valence-corrected chi connectivity index (χ2v) is 6.52. The van der Waals surface area contributed by atoms with Crippen LogP contribution in [0.2, 0.25) is 0 Å². The number of rotatable bonds is 8. The lowest BCUT2D eigenvalue weighted by Gasteiger charge is -2.35. The van der Waals surface area contributed by atoms with Gasteiger partial charge in [-0.2, -0.15) is 0 Å². The number of hydrogen-bond donors (Lipinski definition) is 2. The predicted molar refractivity (Wildman–Crippen MR) is 74.0 cm³/mol. The minimum Gasteiger partial charge on any atom is -0.356 e. The largest absolute Gasteiger partial charge is 0.356 e. The summed E-state index contributed by atoms with van der Waals surface area (Å²) in [6.45, 7) is 15.6. The van der Waals surface area contributed by atoms with E-state index in [2.05, 4.69) is 45.3 Å². The predicted octanol–water partition coefficient (Wildman–Crippen LogP) is 2.56. The molecule has 0 spiro atoms. The van der Waals surface area contributed by atoms with Gasteiger partial charge in [-0.3, -0.25) is 4.79 Å². The fourth-order valence-corrected chi connectivity index (χ4v) is 2.41. The molecule has 0 aliphatic carbocycles. The van der Waals surface area contributed by atoms with Crippen molar-refractivity contribution in [2.24, 2.45) is 10.8 Å². The third-order valence-corrected chi connectivity index (χ3v) is 3.00. The van der Waals surface area contributed by atoms with Crippen molar-refractivity contribution in [3.8, 4) is 0 Å². The van der Waals surface area contributed by atoms with Crippen LogP contribution in [-0.2, 0) is 4.79 Å². The zero-order valence-corrected chi connectivity index (χ0v) is 12.4. The minimum atomic E-state index is 0.0588. The number of amides is 1. The molecule has 0 heterocycles. The first-order chi connectivity index (χ1) is 7.68. The van der Waals surface area contributed by atoms with Gasteiger partial charge in [0.2, 0.25) is 5.91 Å². The van der Waals surface area contributed by atoms with Crippen LogP contribution in [0.5, 0.6) is 0 Å². The van der Waals surface area contributed by atoms with E-state index in [1.807, 2.05) is 0 Å². The van der Waals surface area contributed by atoms with Crippen LogP contribution in [0.25, 0.3) is 0 Å². The summed E-state index contributed by atoms with van der Waals surface area (Å²) in [5.41, 5.74) is 0.464. The molecular formula is C14H30N2O. The Balaban J connectivity index is 4.12. The third-order valence-electron chi connectivity index (χ3n) is 3.00. The molecule has 102 valence electrons. The molecule has 2 N–H and O–H groups in total. The van der Waals surface area contributed by atoms with Crippen LogP contribution < -0.4 is 10.6 Å². The first-order valence-electron chi connectivity index (χ1n) is 6.64. The molecule has 0 aromatic carbocycles. The van der Waals surface area contributed by atoms with Crippen molar-refractivity contribution >= 4 is 5.91 Å². The molecule has 17 heavy (non-hydrogen) atoms. The van der Waals surface area contributed by atoms with E-state index in [1.165, 1.54) is 6.42 Å². The molecule has 3 nitrogen and oxygen atoms in total. The van der Waals surface area contributed by atoms with Crippen molar-refractivity contribution in [2.45, 2.75) is 54.4 Å². The Bertz CT molecular complexity index is 234. The lowest BCUT2D eigenvalue weighted by atomic mass is 9.73. The van der Waals surface area contributed by atoms with Gasteiger partial charge in [0.1, 0.15) is 0 Å². The van der Waals surface area contributed by atoms with E-state index in [0.29, 0.717) is 5.41 Å². The summed E-state index contributed by atoms with van der Waals surface area (Å²) in [4.78, 5) is 10.9. The van der Waals surface area contributed by atoms with Gasteiger partial charge in [0, 0.05) is 13.5 Å². The van der Waals surface area contributed by atoms with E-state index in [0.717, 1.165) is 26.1 Å². The van der Waals surface area contributed by atoms with Gasteiger partial charge < -0.3 is 10.6 Å². The Morgan fingerprint density at radius 3 is 2.18 bits per heavy atom. The van der Waals surface area contributed by atoms with Crippen LogP contribution in [0.15, 0.2) is 0 Å². The normalized spacial score (nSPS) is 12.6. The summed E-state index contributed by atoms with van der Waals surface area (Å²) < 4.78 is 0. The van der Waals surface area contributed by atoms with Gasteiger partial charge in [0.05, 0.1) is 0 Å². The lowest BCUT2D eigenvalue weighted by molar-refractivity contribution is -0.119. The maximum Gasteiger partial charge on any atom is 0.216 e. The van der Waals surface area contributed by atoms with Gasteiger partial charge in [0.15, 0.2) is 0 Å². The first-order valence-corrected chi connectivity index (χ1v) is 6.64. The van der Waals surface area contributed by atoms with Crippen molar-refractivity contribution in [2.75, 3.05) is 19.6 Å². The second kappa shape index (κ2) is 7.00. The Kier molecular flexibility index (Phi) is 6.76. The lowest BCUT2D eigenvalue weighted by Crippen LogP contribution is -2.36. The summed E-state index contributed by atoms with van der Waals surface area (Å²) in [6, 6.07) is 0. The molecule has 0 saturated carbocycles. The van der Waals surface area contributed by atoms with E-state index in [1.54, 1.807) is 6.92 Å². The molecule has 0 rings (SSSR count). The second-order valence-electron chi connectivity index (χ2n) is 6.52. The van der Waals surface area contributed by atoms with Gasteiger partial charge in [-0.15, -0.1) is 0 Å². The Morgan fingerprint density at radius 1 is 1.12 bits per heavy atom. The average Bonchev–Trinajstić information content (AvgIpc) is 2.13. The molecule has 0 aromatic rings. The summed E-state index contributed by atoms with van der Waals surface area (Å²) in [7, 11) is 0. The van der Waals surface area contributed by atoms with E-state index < -0.39 is 0 Å². The van der Waals surface area contributed by atoms with E-state index >= 15 is 0 Å². The van der Waals surface area contributed by atoms with E-state index in [-0.39, 0.29) is 11.3 Å². The fourth-order valence-electron chi connectivity index (χ4n) is 2.41. The average molecular weight is 242 g/mol. The zero-order valence-electron chi connectivity index (χ0n) is 12.4. The molecule has 0 aliphatic heterocycles. The zero-order chi connectivity index (χ0) is 13.5. The molecule has 0 unspecified atom stereocenters. The van der Waals surface area contributed by atoms with Crippen LogP contribution in [0.4, 0.5) is 0 Å².